The van der Waals surface area contributed by atoms with Crippen molar-refractivity contribution in [2.24, 2.45) is 5.16 Å². The third kappa shape index (κ3) is 3.00. The van der Waals surface area contributed by atoms with Crippen molar-refractivity contribution in [3.8, 4) is 0 Å². The van der Waals surface area contributed by atoms with Crippen LogP contribution >= 0.6 is 0 Å². The van der Waals surface area contributed by atoms with E-state index in [9.17, 15) is 10.1 Å². The number of non-ortho nitro benzene ring substituents is 1. The highest BCUT2D eigenvalue weighted by molar-refractivity contribution is 6.12. The maximum atomic E-state index is 10.7. The molecule has 0 atom stereocenters. The number of nitro groups is 1. The molecule has 0 amide bonds. The summed E-state index contributed by atoms with van der Waals surface area (Å²) in [6.45, 7) is 2.00. The van der Waals surface area contributed by atoms with Crippen molar-refractivity contribution in [2.45, 2.75) is 6.92 Å². The topological polar surface area (TPSA) is 64.7 Å². The lowest BCUT2D eigenvalue weighted by Crippen LogP contribution is -2.04. The molecule has 0 aromatic heterocycles. The van der Waals surface area contributed by atoms with Crippen LogP contribution in [0.4, 0.5) is 5.69 Å². The fourth-order valence-corrected chi connectivity index (χ4v) is 1.82. The van der Waals surface area contributed by atoms with Crippen LogP contribution in [0.3, 0.4) is 0 Å². The van der Waals surface area contributed by atoms with Gasteiger partial charge in [-0.25, -0.2) is 0 Å². The second-order valence-electron chi connectivity index (χ2n) is 4.29. The summed E-state index contributed by atoms with van der Waals surface area (Å²) in [5.41, 5.74) is 3.50. The van der Waals surface area contributed by atoms with E-state index in [1.165, 1.54) is 19.2 Å². The first-order valence-electron chi connectivity index (χ1n) is 6.05. The molecule has 5 heteroatoms. The lowest BCUT2D eigenvalue weighted by atomic mass is 10.0. The molecule has 0 saturated heterocycles. The summed E-state index contributed by atoms with van der Waals surface area (Å²) < 4.78 is 0. The van der Waals surface area contributed by atoms with E-state index in [1.807, 2.05) is 31.2 Å². The number of nitrogens with zero attached hydrogens (tertiary/aromatic N) is 2. The van der Waals surface area contributed by atoms with Crippen molar-refractivity contribution in [3.63, 3.8) is 0 Å². The minimum atomic E-state index is -0.428. The largest absolute Gasteiger partial charge is 0.399 e. The molecule has 2 rings (SSSR count). The first-order valence-corrected chi connectivity index (χ1v) is 6.05. The highest BCUT2D eigenvalue weighted by Gasteiger charge is 2.10. The monoisotopic (exact) mass is 270 g/mol. The number of hydrogen-bond donors (Lipinski definition) is 0. The first-order chi connectivity index (χ1) is 9.61. The van der Waals surface area contributed by atoms with Crippen molar-refractivity contribution in [1.82, 2.24) is 0 Å². The number of hydrogen-bond acceptors (Lipinski definition) is 4. The van der Waals surface area contributed by atoms with E-state index in [4.69, 9.17) is 4.84 Å². The lowest BCUT2D eigenvalue weighted by molar-refractivity contribution is -0.384. The predicted molar refractivity (Wildman–Crippen MR) is 76.9 cm³/mol. The average Bonchev–Trinajstić information content (AvgIpc) is 2.46. The molecule has 0 saturated carbocycles. The molecule has 0 N–H and O–H groups in total. The first kappa shape index (κ1) is 13.7. The number of oxime groups is 1. The van der Waals surface area contributed by atoms with Crippen LogP contribution in [0.1, 0.15) is 16.7 Å². The molecule has 0 spiro atoms. The van der Waals surface area contributed by atoms with E-state index >= 15 is 0 Å². The molecular formula is C15H14N2O3. The van der Waals surface area contributed by atoms with Gasteiger partial charge in [0.15, 0.2) is 0 Å². The molecule has 2 aromatic rings. The average molecular weight is 270 g/mol. The van der Waals surface area contributed by atoms with Crippen LogP contribution in [0.2, 0.25) is 0 Å². The van der Waals surface area contributed by atoms with Crippen molar-refractivity contribution in [2.75, 3.05) is 7.11 Å². The number of nitro benzene ring substituents is 1. The Labute approximate surface area is 116 Å². The summed E-state index contributed by atoms with van der Waals surface area (Å²) in [5.74, 6) is 0. The summed E-state index contributed by atoms with van der Waals surface area (Å²) >= 11 is 0. The molecule has 5 nitrogen and oxygen atoms in total. The second-order valence-corrected chi connectivity index (χ2v) is 4.29. The third-order valence-electron chi connectivity index (χ3n) is 2.86. The molecular weight excluding hydrogens is 256 g/mol. The number of aryl methyl sites for hydroxylation is 1. The molecule has 0 fully saturated rings. The van der Waals surface area contributed by atoms with Gasteiger partial charge < -0.3 is 4.84 Å². The van der Waals surface area contributed by atoms with Crippen LogP contribution in [-0.4, -0.2) is 17.7 Å². The highest BCUT2D eigenvalue weighted by Crippen LogP contribution is 2.16. The van der Waals surface area contributed by atoms with E-state index in [0.717, 1.165) is 16.7 Å². The smallest absolute Gasteiger partial charge is 0.269 e. The summed E-state index contributed by atoms with van der Waals surface area (Å²) in [5, 5.41) is 14.7. The Bertz CT molecular complexity index is 631. The van der Waals surface area contributed by atoms with E-state index in [-0.39, 0.29) is 5.69 Å². The minimum Gasteiger partial charge on any atom is -0.399 e. The van der Waals surface area contributed by atoms with Crippen molar-refractivity contribution in [3.05, 3.63) is 75.3 Å². The highest BCUT2D eigenvalue weighted by atomic mass is 16.6. The Morgan fingerprint density at radius 2 is 1.55 bits per heavy atom. The van der Waals surface area contributed by atoms with E-state index in [1.54, 1.807) is 12.1 Å². The van der Waals surface area contributed by atoms with Gasteiger partial charge in [0.1, 0.15) is 12.8 Å². The van der Waals surface area contributed by atoms with Gasteiger partial charge in [0.25, 0.3) is 5.69 Å². The fourth-order valence-electron chi connectivity index (χ4n) is 1.82. The van der Waals surface area contributed by atoms with E-state index < -0.39 is 4.92 Å². The van der Waals surface area contributed by atoms with Crippen LogP contribution in [0.15, 0.2) is 53.7 Å². The van der Waals surface area contributed by atoms with Crippen LogP contribution in [0.5, 0.6) is 0 Å². The Balaban J connectivity index is 2.41. The van der Waals surface area contributed by atoms with Gasteiger partial charge in [-0.3, -0.25) is 10.1 Å². The summed E-state index contributed by atoms with van der Waals surface area (Å²) in [6.07, 6.45) is 0. The summed E-state index contributed by atoms with van der Waals surface area (Å²) in [7, 11) is 1.47. The zero-order chi connectivity index (χ0) is 14.5. The molecule has 0 aliphatic rings. The Morgan fingerprint density at radius 3 is 2.00 bits per heavy atom. The van der Waals surface area contributed by atoms with Crippen molar-refractivity contribution in [1.29, 1.82) is 0 Å². The van der Waals surface area contributed by atoms with Crippen LogP contribution in [0, 0.1) is 17.0 Å². The maximum Gasteiger partial charge on any atom is 0.269 e. The minimum absolute atomic E-state index is 0.0504. The number of benzene rings is 2. The van der Waals surface area contributed by atoms with Gasteiger partial charge in [-0.1, -0.05) is 35.0 Å². The molecule has 0 bridgehead atoms. The normalized spacial score (nSPS) is 11.2. The van der Waals surface area contributed by atoms with Gasteiger partial charge in [0, 0.05) is 23.3 Å². The molecule has 0 aliphatic heterocycles. The molecule has 102 valence electrons. The Kier molecular flexibility index (Phi) is 4.10. The van der Waals surface area contributed by atoms with Crippen molar-refractivity contribution < 1.29 is 9.76 Å². The molecule has 20 heavy (non-hydrogen) atoms. The van der Waals surface area contributed by atoms with Gasteiger partial charge in [0.2, 0.25) is 0 Å². The number of rotatable bonds is 4. The summed E-state index contributed by atoms with van der Waals surface area (Å²) in [4.78, 5) is 15.1. The summed E-state index contributed by atoms with van der Waals surface area (Å²) in [6, 6.07) is 14.1. The van der Waals surface area contributed by atoms with Gasteiger partial charge >= 0.3 is 0 Å². The van der Waals surface area contributed by atoms with Crippen molar-refractivity contribution >= 4 is 11.4 Å². The molecule has 0 heterocycles. The third-order valence-corrected chi connectivity index (χ3v) is 2.86. The Morgan fingerprint density at radius 1 is 1.05 bits per heavy atom. The molecule has 0 aliphatic carbocycles. The van der Waals surface area contributed by atoms with Gasteiger partial charge in [0.05, 0.1) is 4.92 Å². The van der Waals surface area contributed by atoms with Crippen LogP contribution in [-0.2, 0) is 4.84 Å². The van der Waals surface area contributed by atoms with Gasteiger partial charge in [-0.15, -0.1) is 0 Å². The lowest BCUT2D eigenvalue weighted by Gasteiger charge is -2.06. The standard InChI is InChI=1S/C15H14N2O3/c1-11-3-5-12(6-4-11)15(16-20-2)13-7-9-14(10-8-13)17(18)19/h3-10H,1-2H3/b16-15+. The van der Waals surface area contributed by atoms with Gasteiger partial charge in [-0.2, -0.15) is 0 Å². The van der Waals surface area contributed by atoms with E-state index in [2.05, 4.69) is 5.16 Å². The zero-order valence-electron chi connectivity index (χ0n) is 11.2. The fraction of sp³-hybridized carbons (Fsp3) is 0.133. The van der Waals surface area contributed by atoms with E-state index in [0.29, 0.717) is 5.71 Å². The molecule has 0 radical (unpaired) electrons. The van der Waals surface area contributed by atoms with Crippen LogP contribution in [0.25, 0.3) is 0 Å². The molecule has 0 unspecified atom stereocenters. The SMILES string of the molecule is CO/N=C(\c1ccc(C)cc1)c1ccc([N+](=O)[O-])cc1. The van der Waals surface area contributed by atoms with Gasteiger partial charge in [-0.05, 0) is 19.1 Å². The predicted octanol–water partition coefficient (Wildman–Crippen LogP) is 3.30. The quantitative estimate of drug-likeness (QED) is 0.486. The van der Waals surface area contributed by atoms with Crippen LogP contribution < -0.4 is 0 Å². The zero-order valence-corrected chi connectivity index (χ0v) is 11.2. The Hall–Kier alpha value is -2.69. The maximum absolute atomic E-state index is 10.7. The second kappa shape index (κ2) is 5.97. The molecule has 2 aromatic carbocycles.